The minimum atomic E-state index is -1.17. The Kier molecular flexibility index (Phi) is 19.6. The highest BCUT2D eigenvalue weighted by Gasteiger charge is 2.22. The number of aliphatic carboxylic acids is 1. The van der Waals surface area contributed by atoms with E-state index in [-0.39, 0.29) is 11.5 Å². The number of carboxylic acid groups (broad SMARTS) is 1. The molecule has 6 nitrogen and oxygen atoms in total. The van der Waals surface area contributed by atoms with Crippen LogP contribution in [-0.4, -0.2) is 47.2 Å². The SMILES string of the molecule is CCCCCCCCOC(=S)C(CC(=O)[O-])c1nc2ccccc2[nH]1.CCCC[NH+](CCCC)CCCC. The van der Waals surface area contributed by atoms with Crippen LogP contribution in [0.5, 0.6) is 0 Å². The van der Waals surface area contributed by atoms with Crippen molar-refractivity contribution in [2.24, 2.45) is 0 Å². The first-order valence-electron chi connectivity index (χ1n) is 15.1. The molecule has 0 fully saturated rings. The summed E-state index contributed by atoms with van der Waals surface area (Å²) in [4.78, 5) is 20.5. The van der Waals surface area contributed by atoms with Crippen molar-refractivity contribution in [3.63, 3.8) is 0 Å². The molecule has 0 amide bonds. The number of unbranched alkanes of at least 4 members (excludes halogenated alkanes) is 8. The van der Waals surface area contributed by atoms with Gasteiger partial charge in [-0.25, -0.2) is 4.98 Å². The smallest absolute Gasteiger partial charge is 0.170 e. The maximum Gasteiger partial charge on any atom is 0.170 e. The fourth-order valence-corrected chi connectivity index (χ4v) is 4.69. The zero-order chi connectivity index (χ0) is 28.0. The molecule has 1 unspecified atom stereocenters. The molecule has 1 aromatic carbocycles. The third kappa shape index (κ3) is 14.8. The molecule has 1 heterocycles. The summed E-state index contributed by atoms with van der Waals surface area (Å²) in [5.41, 5.74) is 1.62. The monoisotopic (exact) mass is 547 g/mol. The number of aromatic nitrogens is 2. The third-order valence-electron chi connectivity index (χ3n) is 6.79. The second kappa shape index (κ2) is 21.9. The number of quaternary nitrogens is 1. The van der Waals surface area contributed by atoms with Gasteiger partial charge in [0.2, 0.25) is 0 Å². The maximum absolute atomic E-state index is 11.1. The van der Waals surface area contributed by atoms with Crippen molar-refractivity contribution in [2.45, 2.75) is 117 Å². The quantitative estimate of drug-likeness (QED) is 0.163. The van der Waals surface area contributed by atoms with Gasteiger partial charge in [-0.1, -0.05) is 91.2 Å². The number of aromatic amines is 1. The van der Waals surface area contributed by atoms with Crippen molar-refractivity contribution in [1.29, 1.82) is 0 Å². The average Bonchev–Trinajstić information content (AvgIpc) is 3.35. The summed E-state index contributed by atoms with van der Waals surface area (Å²) in [5, 5.41) is 11.4. The molecule has 1 aromatic heterocycles. The lowest BCUT2D eigenvalue weighted by Gasteiger charge is -2.18. The Morgan fingerprint density at radius 2 is 1.45 bits per heavy atom. The van der Waals surface area contributed by atoms with E-state index in [2.05, 4.69) is 37.7 Å². The van der Waals surface area contributed by atoms with Crippen LogP contribution < -0.4 is 10.0 Å². The number of hydrogen-bond donors (Lipinski definition) is 2. The van der Waals surface area contributed by atoms with Crippen molar-refractivity contribution in [2.75, 3.05) is 26.2 Å². The van der Waals surface area contributed by atoms with E-state index < -0.39 is 11.9 Å². The number of para-hydroxylation sites is 2. The van der Waals surface area contributed by atoms with E-state index in [0.29, 0.717) is 12.4 Å². The van der Waals surface area contributed by atoms with Gasteiger partial charge in [0, 0.05) is 12.4 Å². The Balaban J connectivity index is 0.000000471. The maximum atomic E-state index is 11.1. The van der Waals surface area contributed by atoms with Gasteiger partial charge >= 0.3 is 0 Å². The van der Waals surface area contributed by atoms with Crippen LogP contribution in [0.25, 0.3) is 11.0 Å². The first kappa shape index (κ1) is 34.0. The number of carbonyl (C=O) groups is 1. The number of imidazole rings is 1. The molecule has 216 valence electrons. The van der Waals surface area contributed by atoms with Gasteiger partial charge < -0.3 is 24.5 Å². The number of nitrogens with one attached hydrogen (secondary N) is 2. The zero-order valence-electron chi connectivity index (χ0n) is 24.5. The van der Waals surface area contributed by atoms with Crippen molar-refractivity contribution in [3.8, 4) is 0 Å². The molecule has 0 radical (unpaired) electrons. The lowest BCUT2D eigenvalue weighted by atomic mass is 10.1. The number of H-pyrrole nitrogens is 1. The summed E-state index contributed by atoms with van der Waals surface area (Å²) in [7, 11) is 0. The van der Waals surface area contributed by atoms with Gasteiger partial charge in [0.25, 0.3) is 0 Å². The number of nitrogens with zero attached hydrogens (tertiary/aromatic N) is 1. The molecule has 0 saturated heterocycles. The number of rotatable bonds is 20. The molecule has 0 aliphatic rings. The van der Waals surface area contributed by atoms with E-state index >= 15 is 0 Å². The number of ether oxygens (including phenoxy) is 1. The molecule has 2 rings (SSSR count). The molecule has 0 spiro atoms. The van der Waals surface area contributed by atoms with Crippen LogP contribution in [0, 0.1) is 0 Å². The van der Waals surface area contributed by atoms with Crippen LogP contribution in [0.15, 0.2) is 24.3 Å². The minimum Gasteiger partial charge on any atom is -0.550 e. The second-order valence-corrected chi connectivity index (χ2v) is 10.7. The van der Waals surface area contributed by atoms with Crippen LogP contribution in [0.1, 0.15) is 123 Å². The number of carbonyl (C=O) groups excluding carboxylic acids is 1. The molecule has 38 heavy (non-hydrogen) atoms. The first-order valence-corrected chi connectivity index (χ1v) is 15.5. The van der Waals surface area contributed by atoms with Gasteiger partial charge in [-0.3, -0.25) is 0 Å². The third-order valence-corrected chi connectivity index (χ3v) is 7.19. The summed E-state index contributed by atoms with van der Waals surface area (Å²) in [6.07, 6.45) is 15.0. The lowest BCUT2D eigenvalue weighted by Crippen LogP contribution is -3.12. The molecule has 7 heteroatoms. The predicted octanol–water partition coefficient (Wildman–Crippen LogP) is 5.76. The second-order valence-electron chi connectivity index (χ2n) is 10.3. The Morgan fingerprint density at radius 1 is 0.895 bits per heavy atom. The van der Waals surface area contributed by atoms with Gasteiger partial charge in [0.15, 0.2) is 5.05 Å². The molecular weight excluding hydrogens is 494 g/mol. The number of carboxylic acids is 1. The Morgan fingerprint density at radius 3 is 2.00 bits per heavy atom. The Bertz CT molecular complexity index is 834. The molecule has 0 aliphatic carbocycles. The highest BCUT2D eigenvalue weighted by Crippen LogP contribution is 2.23. The summed E-state index contributed by atoms with van der Waals surface area (Å²) in [6.45, 7) is 13.8. The Labute approximate surface area is 236 Å². The van der Waals surface area contributed by atoms with Crippen LogP contribution in [0.3, 0.4) is 0 Å². The van der Waals surface area contributed by atoms with E-state index in [1.165, 1.54) is 83.8 Å². The van der Waals surface area contributed by atoms with Crippen molar-refractivity contribution in [3.05, 3.63) is 30.1 Å². The normalized spacial score (nSPS) is 11.8. The van der Waals surface area contributed by atoms with E-state index in [1.54, 1.807) is 0 Å². The largest absolute Gasteiger partial charge is 0.550 e. The summed E-state index contributed by atoms with van der Waals surface area (Å²) < 4.78 is 5.64. The van der Waals surface area contributed by atoms with Crippen LogP contribution in [0.2, 0.25) is 0 Å². The van der Waals surface area contributed by atoms with E-state index in [4.69, 9.17) is 17.0 Å². The molecule has 1 atom stereocenters. The fraction of sp³-hybridized carbons (Fsp3) is 0.710. The Hall–Kier alpha value is -1.99. The minimum absolute atomic E-state index is 0.241. The van der Waals surface area contributed by atoms with Crippen molar-refractivity contribution >= 4 is 34.3 Å². The lowest BCUT2D eigenvalue weighted by molar-refractivity contribution is -0.900. The zero-order valence-corrected chi connectivity index (χ0v) is 25.3. The molecular formula is C31H53N3O3S. The highest BCUT2D eigenvalue weighted by molar-refractivity contribution is 7.80. The van der Waals surface area contributed by atoms with Crippen molar-refractivity contribution < 1.29 is 19.5 Å². The highest BCUT2D eigenvalue weighted by atomic mass is 32.1. The standard InChI is InChI=1S/C19H26N2O3S.C12H27N/c1-2-3-4-5-6-9-12-24-19(25)14(13-17(22)23)18-20-15-10-7-8-11-16(15)21-18;1-4-7-10-13(11-8-5-2)12-9-6-3/h7-8,10-11,14H,2-6,9,12-13H2,1H3,(H,20,21)(H,22,23);4-12H2,1-3H3. The van der Waals surface area contributed by atoms with Gasteiger partial charge in [-0.05, 0) is 50.0 Å². The van der Waals surface area contributed by atoms with Crippen LogP contribution in [-0.2, 0) is 9.53 Å². The number of thiocarbonyl (C=S) groups is 1. The summed E-state index contributed by atoms with van der Waals surface area (Å²) in [6, 6.07) is 7.53. The van der Waals surface area contributed by atoms with Gasteiger partial charge in [0.05, 0.1) is 43.2 Å². The summed E-state index contributed by atoms with van der Waals surface area (Å²) in [5.74, 6) is -1.26. The molecule has 2 N–H and O–H groups in total. The number of benzene rings is 1. The van der Waals surface area contributed by atoms with E-state index in [9.17, 15) is 9.90 Å². The average molecular weight is 548 g/mol. The van der Waals surface area contributed by atoms with Gasteiger partial charge in [0.1, 0.15) is 5.82 Å². The van der Waals surface area contributed by atoms with Gasteiger partial charge in [-0.2, -0.15) is 0 Å². The van der Waals surface area contributed by atoms with Crippen LogP contribution in [0.4, 0.5) is 0 Å². The van der Waals surface area contributed by atoms with Crippen LogP contribution >= 0.6 is 12.2 Å². The van der Waals surface area contributed by atoms with E-state index in [0.717, 1.165) is 23.9 Å². The summed E-state index contributed by atoms with van der Waals surface area (Å²) >= 11 is 5.33. The molecule has 2 aromatic rings. The first-order chi connectivity index (χ1) is 18.5. The molecule has 0 aliphatic heterocycles. The topological polar surface area (TPSA) is 82.5 Å². The number of fused-ring (bicyclic) bond motifs is 1. The van der Waals surface area contributed by atoms with Crippen molar-refractivity contribution in [1.82, 2.24) is 9.97 Å². The van der Waals surface area contributed by atoms with E-state index in [1.807, 2.05) is 29.2 Å². The molecule has 0 bridgehead atoms. The fourth-order valence-electron chi connectivity index (χ4n) is 4.41. The molecule has 0 saturated carbocycles. The van der Waals surface area contributed by atoms with Gasteiger partial charge in [-0.15, -0.1) is 0 Å². The number of hydrogen-bond acceptors (Lipinski definition) is 5. The predicted molar refractivity (Wildman–Crippen MR) is 161 cm³/mol.